The molecule has 4 aromatic rings. The molecule has 0 spiro atoms. The van der Waals surface area contributed by atoms with Gasteiger partial charge >= 0.3 is 0 Å². The van der Waals surface area contributed by atoms with E-state index in [0.29, 0.717) is 23.0 Å². The Balaban J connectivity index is 1.46. The quantitative estimate of drug-likeness (QED) is 0.563. The summed E-state index contributed by atoms with van der Waals surface area (Å²) in [6.07, 6.45) is 3.69. The SMILES string of the molecule is O=c1[nH]c(N2CCCC(Nc3ccccc3)C2)nc2c1cnn2-c1ccccc1. The van der Waals surface area contributed by atoms with Gasteiger partial charge in [-0.05, 0) is 37.1 Å². The van der Waals surface area contributed by atoms with Gasteiger partial charge in [0.05, 0.1) is 11.9 Å². The highest BCUT2D eigenvalue weighted by Gasteiger charge is 2.23. The van der Waals surface area contributed by atoms with Crippen LogP contribution in [0.15, 0.2) is 71.7 Å². The molecular weight excluding hydrogens is 364 g/mol. The molecule has 2 aromatic heterocycles. The molecule has 5 rings (SSSR count). The second-order valence-electron chi connectivity index (χ2n) is 7.31. The highest BCUT2D eigenvalue weighted by Crippen LogP contribution is 2.21. The molecule has 146 valence electrons. The Bertz CT molecular complexity index is 1170. The fraction of sp³-hybridized carbons (Fsp3) is 0.227. The van der Waals surface area contributed by atoms with Crippen LogP contribution in [0.4, 0.5) is 11.6 Å². The van der Waals surface area contributed by atoms with Crippen molar-refractivity contribution in [3.05, 3.63) is 77.2 Å². The van der Waals surface area contributed by atoms with Gasteiger partial charge in [0.25, 0.3) is 5.56 Å². The van der Waals surface area contributed by atoms with E-state index in [1.54, 1.807) is 10.9 Å². The Morgan fingerprint density at radius 2 is 1.79 bits per heavy atom. The van der Waals surface area contributed by atoms with Crippen molar-refractivity contribution in [1.82, 2.24) is 19.7 Å². The van der Waals surface area contributed by atoms with Crippen molar-refractivity contribution in [1.29, 1.82) is 0 Å². The lowest BCUT2D eigenvalue weighted by Gasteiger charge is -2.34. The molecule has 1 aliphatic rings. The van der Waals surface area contributed by atoms with E-state index in [1.807, 2.05) is 48.5 Å². The fourth-order valence-electron chi connectivity index (χ4n) is 3.87. The number of rotatable bonds is 4. The van der Waals surface area contributed by atoms with Crippen LogP contribution in [-0.2, 0) is 0 Å². The zero-order chi connectivity index (χ0) is 19.6. The molecular formula is C22H22N6O. The molecule has 1 saturated heterocycles. The summed E-state index contributed by atoms with van der Waals surface area (Å²) in [4.78, 5) is 22.5. The van der Waals surface area contributed by atoms with Gasteiger partial charge in [-0.1, -0.05) is 36.4 Å². The summed E-state index contributed by atoms with van der Waals surface area (Å²) in [5.41, 5.74) is 2.41. The number of nitrogens with zero attached hydrogens (tertiary/aromatic N) is 4. The maximum absolute atomic E-state index is 12.7. The monoisotopic (exact) mass is 386 g/mol. The molecule has 0 bridgehead atoms. The minimum absolute atomic E-state index is 0.162. The van der Waals surface area contributed by atoms with Crippen molar-refractivity contribution < 1.29 is 0 Å². The average molecular weight is 386 g/mol. The molecule has 0 amide bonds. The Morgan fingerprint density at radius 1 is 1.03 bits per heavy atom. The van der Waals surface area contributed by atoms with Gasteiger partial charge in [-0.3, -0.25) is 9.78 Å². The maximum atomic E-state index is 12.7. The first-order chi connectivity index (χ1) is 14.3. The molecule has 7 heteroatoms. The standard InChI is InChI=1S/C22H22N6O/c29-21-19-14-23-28(18-11-5-2-6-12-18)20(19)25-22(26-21)27-13-7-10-17(15-27)24-16-8-3-1-4-9-16/h1-6,8-9,11-12,14,17,24H,7,10,13,15H2,(H,25,26,29). The van der Waals surface area contributed by atoms with Crippen molar-refractivity contribution in [2.75, 3.05) is 23.3 Å². The second-order valence-corrected chi connectivity index (χ2v) is 7.31. The summed E-state index contributed by atoms with van der Waals surface area (Å²) in [7, 11) is 0. The average Bonchev–Trinajstić information content (AvgIpc) is 3.20. The first kappa shape index (κ1) is 17.5. The maximum Gasteiger partial charge on any atom is 0.263 e. The van der Waals surface area contributed by atoms with E-state index in [1.165, 1.54) is 0 Å². The van der Waals surface area contributed by atoms with E-state index in [0.717, 1.165) is 37.3 Å². The number of hydrogen-bond acceptors (Lipinski definition) is 5. The van der Waals surface area contributed by atoms with Gasteiger partial charge in [-0.15, -0.1) is 0 Å². The summed E-state index contributed by atoms with van der Waals surface area (Å²) in [5.74, 6) is 0.597. The summed E-state index contributed by atoms with van der Waals surface area (Å²) in [6, 6.07) is 20.3. The van der Waals surface area contributed by atoms with Gasteiger partial charge in [0.15, 0.2) is 5.65 Å². The number of anilines is 2. The largest absolute Gasteiger partial charge is 0.381 e. The summed E-state index contributed by atoms with van der Waals surface area (Å²) < 4.78 is 1.72. The molecule has 1 aliphatic heterocycles. The van der Waals surface area contributed by atoms with E-state index >= 15 is 0 Å². The fourth-order valence-corrected chi connectivity index (χ4v) is 3.87. The van der Waals surface area contributed by atoms with Gasteiger partial charge < -0.3 is 10.2 Å². The van der Waals surface area contributed by atoms with Crippen molar-refractivity contribution in [2.24, 2.45) is 0 Å². The highest BCUT2D eigenvalue weighted by molar-refractivity contribution is 5.76. The van der Waals surface area contributed by atoms with Crippen LogP contribution in [-0.4, -0.2) is 38.9 Å². The summed E-state index contributed by atoms with van der Waals surface area (Å²) in [6.45, 7) is 1.64. The third-order valence-electron chi connectivity index (χ3n) is 5.29. The zero-order valence-corrected chi connectivity index (χ0v) is 16.0. The van der Waals surface area contributed by atoms with Gasteiger partial charge in [0.2, 0.25) is 5.95 Å². The van der Waals surface area contributed by atoms with Crippen molar-refractivity contribution in [2.45, 2.75) is 18.9 Å². The van der Waals surface area contributed by atoms with Gasteiger partial charge in [0.1, 0.15) is 5.39 Å². The molecule has 2 aromatic carbocycles. The Kier molecular flexibility index (Phi) is 4.48. The van der Waals surface area contributed by atoms with Gasteiger partial charge in [-0.25, -0.2) is 4.68 Å². The first-order valence-corrected chi connectivity index (χ1v) is 9.88. The Labute approximate surface area is 168 Å². The Hall–Kier alpha value is -3.61. The molecule has 0 aliphatic carbocycles. The molecule has 7 nitrogen and oxygen atoms in total. The number of piperidine rings is 1. The van der Waals surface area contributed by atoms with Crippen LogP contribution < -0.4 is 15.8 Å². The van der Waals surface area contributed by atoms with Crippen LogP contribution in [0.25, 0.3) is 16.7 Å². The Morgan fingerprint density at radius 3 is 2.59 bits per heavy atom. The van der Waals surface area contributed by atoms with Gasteiger partial charge in [0, 0.05) is 24.8 Å². The molecule has 3 heterocycles. The number of fused-ring (bicyclic) bond motifs is 1. The van der Waals surface area contributed by atoms with E-state index in [4.69, 9.17) is 4.98 Å². The number of hydrogen-bond donors (Lipinski definition) is 2. The normalized spacial score (nSPS) is 16.8. The molecule has 1 unspecified atom stereocenters. The van der Waals surface area contributed by atoms with E-state index < -0.39 is 0 Å². The van der Waals surface area contributed by atoms with Crippen molar-refractivity contribution in [3.8, 4) is 5.69 Å². The minimum Gasteiger partial charge on any atom is -0.381 e. The molecule has 2 N–H and O–H groups in total. The van der Waals surface area contributed by atoms with Gasteiger partial charge in [-0.2, -0.15) is 10.1 Å². The van der Waals surface area contributed by atoms with Crippen LogP contribution in [0.3, 0.4) is 0 Å². The lowest BCUT2D eigenvalue weighted by Crippen LogP contribution is -2.43. The van der Waals surface area contributed by atoms with Crippen LogP contribution in [0.1, 0.15) is 12.8 Å². The first-order valence-electron chi connectivity index (χ1n) is 9.88. The second kappa shape index (κ2) is 7.43. The molecule has 0 radical (unpaired) electrons. The summed E-state index contributed by atoms with van der Waals surface area (Å²) >= 11 is 0. The predicted octanol–water partition coefficient (Wildman–Crippen LogP) is 3.19. The number of nitrogens with one attached hydrogen (secondary N) is 2. The highest BCUT2D eigenvalue weighted by atomic mass is 16.1. The van der Waals surface area contributed by atoms with E-state index in [-0.39, 0.29) is 5.56 Å². The smallest absolute Gasteiger partial charge is 0.263 e. The number of para-hydroxylation sites is 2. The van der Waals surface area contributed by atoms with Crippen LogP contribution in [0.2, 0.25) is 0 Å². The molecule has 1 atom stereocenters. The van der Waals surface area contributed by atoms with Crippen LogP contribution >= 0.6 is 0 Å². The number of aromatic nitrogens is 4. The molecule has 29 heavy (non-hydrogen) atoms. The molecule has 1 fully saturated rings. The number of H-pyrrole nitrogens is 1. The summed E-state index contributed by atoms with van der Waals surface area (Å²) in [5, 5.41) is 8.47. The lowest BCUT2D eigenvalue weighted by atomic mass is 10.1. The van der Waals surface area contributed by atoms with Crippen molar-refractivity contribution in [3.63, 3.8) is 0 Å². The van der Waals surface area contributed by atoms with Crippen LogP contribution in [0, 0.1) is 0 Å². The molecule has 0 saturated carbocycles. The third kappa shape index (κ3) is 3.47. The number of benzene rings is 2. The lowest BCUT2D eigenvalue weighted by molar-refractivity contribution is 0.523. The zero-order valence-electron chi connectivity index (χ0n) is 16.0. The number of aromatic amines is 1. The topological polar surface area (TPSA) is 78.8 Å². The third-order valence-corrected chi connectivity index (χ3v) is 5.29. The minimum atomic E-state index is -0.162. The van der Waals surface area contributed by atoms with E-state index in [2.05, 4.69) is 32.4 Å². The van der Waals surface area contributed by atoms with Crippen molar-refractivity contribution >= 4 is 22.7 Å². The predicted molar refractivity (Wildman–Crippen MR) is 115 cm³/mol. The van der Waals surface area contributed by atoms with Crippen LogP contribution in [0.5, 0.6) is 0 Å². The van der Waals surface area contributed by atoms with E-state index in [9.17, 15) is 4.79 Å².